The van der Waals surface area contributed by atoms with Gasteiger partial charge in [0.1, 0.15) is 0 Å². The summed E-state index contributed by atoms with van der Waals surface area (Å²) < 4.78 is 66.8. The topological polar surface area (TPSA) is 18.5 Å². The normalized spacial score (nSPS) is 18.1. The molecule has 2 rings (SSSR count). The van der Waals surface area contributed by atoms with E-state index in [9.17, 15) is 17.6 Å². The van der Waals surface area contributed by atoms with Crippen LogP contribution in [-0.2, 0) is 4.74 Å². The maximum absolute atomic E-state index is 14.4. The van der Waals surface area contributed by atoms with Crippen molar-refractivity contribution >= 4 is 5.83 Å². The van der Waals surface area contributed by atoms with Crippen molar-refractivity contribution in [1.29, 1.82) is 0 Å². The van der Waals surface area contributed by atoms with Gasteiger partial charge in [-0.05, 0) is 43.9 Å². The van der Waals surface area contributed by atoms with E-state index < -0.39 is 28.9 Å². The fourth-order valence-corrected chi connectivity index (χ4v) is 2.84. The van der Waals surface area contributed by atoms with Crippen LogP contribution in [0.15, 0.2) is 29.8 Å². The number of hydrogen-bond acceptors (Lipinski definition) is 2. The van der Waals surface area contributed by atoms with Gasteiger partial charge < -0.3 is 9.47 Å². The molecular weight excluding hydrogens is 348 g/mol. The molecule has 0 saturated carbocycles. The van der Waals surface area contributed by atoms with Gasteiger partial charge in [-0.3, -0.25) is 0 Å². The maximum atomic E-state index is 14.4. The van der Waals surface area contributed by atoms with Gasteiger partial charge in [-0.25, -0.2) is 8.78 Å². The molecule has 1 aliphatic heterocycles. The molecule has 26 heavy (non-hydrogen) atoms. The van der Waals surface area contributed by atoms with E-state index in [-0.39, 0.29) is 30.6 Å². The fraction of sp³-hybridized carbons (Fsp3) is 0.500. The van der Waals surface area contributed by atoms with Crippen LogP contribution < -0.4 is 4.74 Å². The molecule has 0 aliphatic carbocycles. The van der Waals surface area contributed by atoms with Crippen molar-refractivity contribution in [2.45, 2.75) is 46.0 Å². The average molecular weight is 372 g/mol. The quantitative estimate of drug-likeness (QED) is 0.384. The summed E-state index contributed by atoms with van der Waals surface area (Å²) in [7, 11) is 0. The highest BCUT2D eigenvalue weighted by molar-refractivity contribution is 5.65. The number of rotatable bonds is 8. The first-order chi connectivity index (χ1) is 12.5. The number of halogens is 4. The lowest BCUT2D eigenvalue weighted by Crippen LogP contribution is -2.14. The summed E-state index contributed by atoms with van der Waals surface area (Å²) in [6.07, 6.45) is 6.30. The lowest BCUT2D eigenvalue weighted by Gasteiger charge is -2.22. The van der Waals surface area contributed by atoms with Crippen molar-refractivity contribution in [2.24, 2.45) is 5.92 Å². The van der Waals surface area contributed by atoms with Crippen LogP contribution in [0, 0.1) is 17.6 Å². The number of unbranched alkanes of at least 4 members (excludes halogenated alkanes) is 2. The molecule has 1 aromatic carbocycles. The molecule has 2 nitrogen and oxygen atoms in total. The molecule has 1 aliphatic rings. The standard InChI is InChI=1S/C20H24F4O2/c1-3-5-6-7-13-8-10-16(26-12-13)20(24)18(22)14-9-11-15(25-4-2)19(23)17(14)21/h9-11,13H,3-8,12H2,1-2H3. The average Bonchev–Trinajstić information content (AvgIpc) is 2.65. The molecule has 0 amide bonds. The largest absolute Gasteiger partial charge is 0.491 e. The Morgan fingerprint density at radius 2 is 1.88 bits per heavy atom. The second-order valence-corrected chi connectivity index (χ2v) is 6.28. The zero-order valence-corrected chi connectivity index (χ0v) is 15.1. The molecule has 0 radical (unpaired) electrons. The molecule has 0 N–H and O–H groups in total. The van der Waals surface area contributed by atoms with Crippen LogP contribution in [0.4, 0.5) is 17.6 Å². The number of ether oxygens (including phenoxy) is 2. The van der Waals surface area contributed by atoms with Gasteiger partial charge in [0, 0.05) is 0 Å². The minimum Gasteiger partial charge on any atom is -0.491 e. The maximum Gasteiger partial charge on any atom is 0.201 e. The van der Waals surface area contributed by atoms with Crippen LogP contribution in [0.3, 0.4) is 0 Å². The highest BCUT2D eigenvalue weighted by atomic mass is 19.2. The van der Waals surface area contributed by atoms with E-state index in [0.29, 0.717) is 6.42 Å². The van der Waals surface area contributed by atoms with Crippen LogP contribution in [0.2, 0.25) is 0 Å². The zero-order valence-electron chi connectivity index (χ0n) is 15.1. The number of benzene rings is 1. The van der Waals surface area contributed by atoms with Crippen molar-refractivity contribution in [2.75, 3.05) is 13.2 Å². The van der Waals surface area contributed by atoms with Gasteiger partial charge >= 0.3 is 0 Å². The highest BCUT2D eigenvalue weighted by Crippen LogP contribution is 2.34. The third-order valence-corrected chi connectivity index (χ3v) is 4.32. The molecule has 144 valence electrons. The Hall–Kier alpha value is -1.98. The Morgan fingerprint density at radius 1 is 1.12 bits per heavy atom. The van der Waals surface area contributed by atoms with E-state index in [4.69, 9.17) is 9.47 Å². The molecule has 1 unspecified atom stereocenters. The number of hydrogen-bond donors (Lipinski definition) is 0. The SMILES string of the molecule is CCCCCC1CC=C(C(F)=C(F)c2ccc(OCC)c(F)c2F)OC1. The molecule has 1 atom stereocenters. The van der Waals surface area contributed by atoms with Gasteiger partial charge in [0.05, 0.1) is 18.8 Å². The minimum atomic E-state index is -1.49. The molecular formula is C20H24F4O2. The first-order valence-electron chi connectivity index (χ1n) is 8.99. The monoisotopic (exact) mass is 372 g/mol. The Bertz CT molecular complexity index is 683. The lowest BCUT2D eigenvalue weighted by atomic mass is 9.96. The smallest absolute Gasteiger partial charge is 0.201 e. The number of allylic oxidation sites excluding steroid dienone is 2. The summed E-state index contributed by atoms with van der Waals surface area (Å²) in [4.78, 5) is 0. The van der Waals surface area contributed by atoms with E-state index in [2.05, 4.69) is 6.92 Å². The van der Waals surface area contributed by atoms with Crippen LogP contribution in [0.1, 0.15) is 51.5 Å². The first kappa shape index (κ1) is 20.3. The predicted molar refractivity (Wildman–Crippen MR) is 92.9 cm³/mol. The second-order valence-electron chi connectivity index (χ2n) is 6.28. The molecule has 1 aromatic rings. The van der Waals surface area contributed by atoms with E-state index in [1.165, 1.54) is 6.08 Å². The van der Waals surface area contributed by atoms with Gasteiger partial charge in [-0.1, -0.05) is 26.2 Å². The summed E-state index contributed by atoms with van der Waals surface area (Å²) in [6, 6.07) is 2.03. The molecule has 0 aromatic heterocycles. The summed E-state index contributed by atoms with van der Waals surface area (Å²) in [5, 5.41) is 0. The predicted octanol–water partition coefficient (Wildman–Crippen LogP) is 6.47. The van der Waals surface area contributed by atoms with E-state index in [0.717, 1.165) is 37.8 Å². The van der Waals surface area contributed by atoms with Gasteiger partial charge in [0.25, 0.3) is 0 Å². The van der Waals surface area contributed by atoms with Crippen LogP contribution in [0.5, 0.6) is 5.75 Å². The van der Waals surface area contributed by atoms with E-state index in [1.54, 1.807) is 6.92 Å². The van der Waals surface area contributed by atoms with E-state index >= 15 is 0 Å². The summed E-state index contributed by atoms with van der Waals surface area (Å²) in [6.45, 7) is 4.13. The van der Waals surface area contributed by atoms with Crippen molar-refractivity contribution in [1.82, 2.24) is 0 Å². The minimum absolute atomic E-state index is 0.128. The Kier molecular flexibility index (Phi) is 7.54. The van der Waals surface area contributed by atoms with Gasteiger partial charge in [0.2, 0.25) is 11.6 Å². The van der Waals surface area contributed by atoms with E-state index in [1.807, 2.05) is 0 Å². The second kappa shape index (κ2) is 9.64. The van der Waals surface area contributed by atoms with Gasteiger partial charge in [-0.2, -0.15) is 8.78 Å². The van der Waals surface area contributed by atoms with Crippen molar-refractivity contribution in [3.05, 3.63) is 47.0 Å². The molecule has 0 bridgehead atoms. The molecule has 1 heterocycles. The zero-order chi connectivity index (χ0) is 19.1. The van der Waals surface area contributed by atoms with Crippen molar-refractivity contribution in [3.63, 3.8) is 0 Å². The molecule has 6 heteroatoms. The highest BCUT2D eigenvalue weighted by Gasteiger charge is 2.25. The van der Waals surface area contributed by atoms with Crippen LogP contribution in [0.25, 0.3) is 5.83 Å². The Balaban J connectivity index is 2.16. The Labute approximate surface area is 151 Å². The van der Waals surface area contributed by atoms with Gasteiger partial charge in [-0.15, -0.1) is 0 Å². The first-order valence-corrected chi connectivity index (χ1v) is 8.99. The van der Waals surface area contributed by atoms with Crippen molar-refractivity contribution < 1.29 is 27.0 Å². The third kappa shape index (κ3) is 4.80. The fourth-order valence-electron chi connectivity index (χ4n) is 2.84. The lowest BCUT2D eigenvalue weighted by molar-refractivity contribution is 0.138. The molecule has 0 fully saturated rings. The Morgan fingerprint density at radius 3 is 2.50 bits per heavy atom. The van der Waals surface area contributed by atoms with Crippen molar-refractivity contribution in [3.8, 4) is 5.75 Å². The van der Waals surface area contributed by atoms with Crippen LogP contribution >= 0.6 is 0 Å². The third-order valence-electron chi connectivity index (χ3n) is 4.32. The summed E-state index contributed by atoms with van der Waals surface area (Å²) in [5.74, 6) is -5.98. The summed E-state index contributed by atoms with van der Waals surface area (Å²) >= 11 is 0. The van der Waals surface area contributed by atoms with Gasteiger partial charge in [0.15, 0.2) is 23.2 Å². The molecule has 0 spiro atoms. The molecule has 0 saturated heterocycles. The van der Waals surface area contributed by atoms with Crippen LogP contribution in [-0.4, -0.2) is 13.2 Å². The summed E-state index contributed by atoms with van der Waals surface area (Å²) in [5.41, 5.74) is -0.793.